The lowest BCUT2D eigenvalue weighted by Gasteiger charge is -2.17. The highest BCUT2D eigenvalue weighted by Gasteiger charge is 2.22. The van der Waals surface area contributed by atoms with Gasteiger partial charge in [0, 0.05) is 19.7 Å². The van der Waals surface area contributed by atoms with Crippen LogP contribution in [0.2, 0.25) is 0 Å². The van der Waals surface area contributed by atoms with E-state index in [1.54, 1.807) is 12.2 Å². The largest absolute Gasteiger partial charge is 0.380 e. The maximum absolute atomic E-state index is 12.3. The van der Waals surface area contributed by atoms with Crippen molar-refractivity contribution >= 4 is 15.9 Å². The average molecular weight is 356 g/mol. The Labute approximate surface area is 142 Å². The van der Waals surface area contributed by atoms with Crippen LogP contribution >= 0.6 is 0 Å². The van der Waals surface area contributed by atoms with E-state index in [0.717, 1.165) is 23.9 Å². The normalized spacial score (nSPS) is 11.2. The predicted molar refractivity (Wildman–Crippen MR) is 90.6 cm³/mol. The zero-order chi connectivity index (χ0) is 18.0. The first-order valence-electron chi connectivity index (χ1n) is 7.69. The number of unbranched alkanes of at least 4 members (excludes halogenated alkanes) is 1. The molecule has 0 aromatic carbocycles. The molecule has 0 aliphatic heterocycles. The molecule has 1 aromatic rings. The predicted octanol–water partition coefficient (Wildman–Crippen LogP) is 1.51. The SMILES string of the molecule is C=CCN(CC=C)C(=O)n1cnc(S(=O)(=O)CCOCCCC)n1. The number of hydrogen-bond donors (Lipinski definition) is 0. The van der Waals surface area contributed by atoms with E-state index < -0.39 is 15.9 Å². The van der Waals surface area contributed by atoms with Crippen LogP contribution < -0.4 is 0 Å². The molecule has 9 heteroatoms. The van der Waals surface area contributed by atoms with E-state index in [-0.39, 0.29) is 30.6 Å². The number of rotatable bonds is 11. The molecular weight excluding hydrogens is 332 g/mol. The zero-order valence-electron chi connectivity index (χ0n) is 13.9. The van der Waals surface area contributed by atoms with Gasteiger partial charge >= 0.3 is 6.03 Å². The van der Waals surface area contributed by atoms with Crippen LogP contribution in [0, 0.1) is 0 Å². The van der Waals surface area contributed by atoms with Gasteiger partial charge in [-0.25, -0.2) is 18.2 Å². The molecule has 134 valence electrons. The van der Waals surface area contributed by atoms with Gasteiger partial charge in [0.15, 0.2) is 0 Å². The maximum Gasteiger partial charge on any atom is 0.346 e. The second kappa shape index (κ2) is 9.99. The van der Waals surface area contributed by atoms with E-state index in [0.29, 0.717) is 6.61 Å². The Bertz CT molecular complexity index is 644. The number of carbonyl (C=O) groups is 1. The Balaban J connectivity index is 2.74. The van der Waals surface area contributed by atoms with E-state index in [1.165, 1.54) is 4.90 Å². The zero-order valence-corrected chi connectivity index (χ0v) is 14.7. The molecule has 0 N–H and O–H groups in total. The Morgan fingerprint density at radius 1 is 1.33 bits per heavy atom. The molecule has 8 nitrogen and oxygen atoms in total. The number of amides is 1. The van der Waals surface area contributed by atoms with Gasteiger partial charge < -0.3 is 9.64 Å². The summed E-state index contributed by atoms with van der Waals surface area (Å²) < 4.78 is 30.4. The lowest BCUT2D eigenvalue weighted by atomic mass is 10.4. The molecule has 0 spiro atoms. The summed E-state index contributed by atoms with van der Waals surface area (Å²) in [5.74, 6) is -0.224. The van der Waals surface area contributed by atoms with Gasteiger partial charge in [0.1, 0.15) is 6.33 Å². The highest BCUT2D eigenvalue weighted by molar-refractivity contribution is 7.91. The minimum atomic E-state index is -3.69. The first-order valence-corrected chi connectivity index (χ1v) is 9.34. The van der Waals surface area contributed by atoms with Crippen LogP contribution in [0.3, 0.4) is 0 Å². The fraction of sp³-hybridized carbons (Fsp3) is 0.533. The summed E-state index contributed by atoms with van der Waals surface area (Å²) in [6.07, 6.45) is 6.07. The van der Waals surface area contributed by atoms with E-state index in [9.17, 15) is 13.2 Å². The number of ether oxygens (including phenoxy) is 1. The van der Waals surface area contributed by atoms with Gasteiger partial charge in [-0.05, 0) is 6.42 Å². The summed E-state index contributed by atoms with van der Waals surface area (Å²) in [5.41, 5.74) is 0. The maximum atomic E-state index is 12.3. The van der Waals surface area contributed by atoms with Crippen LogP contribution in [0.15, 0.2) is 36.8 Å². The smallest absolute Gasteiger partial charge is 0.346 e. The van der Waals surface area contributed by atoms with Crippen molar-refractivity contribution in [3.05, 3.63) is 31.6 Å². The molecule has 0 unspecified atom stereocenters. The summed E-state index contributed by atoms with van der Waals surface area (Å²) in [7, 11) is -3.69. The molecule has 0 bridgehead atoms. The van der Waals surface area contributed by atoms with Crippen molar-refractivity contribution in [3.8, 4) is 0 Å². The van der Waals surface area contributed by atoms with Crippen molar-refractivity contribution in [3.63, 3.8) is 0 Å². The minimum absolute atomic E-state index is 0.0733. The van der Waals surface area contributed by atoms with Crippen LogP contribution in [0.1, 0.15) is 19.8 Å². The molecule has 1 aromatic heterocycles. The first-order chi connectivity index (χ1) is 11.5. The van der Waals surface area contributed by atoms with Crippen molar-refractivity contribution in [2.45, 2.75) is 24.9 Å². The van der Waals surface area contributed by atoms with Gasteiger partial charge in [-0.15, -0.1) is 18.3 Å². The van der Waals surface area contributed by atoms with Gasteiger partial charge in [-0.3, -0.25) is 0 Å². The lowest BCUT2D eigenvalue weighted by Crippen LogP contribution is -2.35. The van der Waals surface area contributed by atoms with Crippen molar-refractivity contribution in [2.75, 3.05) is 32.1 Å². The average Bonchev–Trinajstić information content (AvgIpc) is 3.04. The molecule has 0 saturated carbocycles. The Morgan fingerprint density at radius 2 is 2.00 bits per heavy atom. The summed E-state index contributed by atoms with van der Waals surface area (Å²) in [6, 6.07) is -0.497. The fourth-order valence-electron chi connectivity index (χ4n) is 1.78. The second-order valence-electron chi connectivity index (χ2n) is 5.02. The van der Waals surface area contributed by atoms with Crippen LogP contribution in [0.5, 0.6) is 0 Å². The summed E-state index contributed by atoms with van der Waals surface area (Å²) in [4.78, 5) is 17.4. The number of aromatic nitrogens is 3. The summed E-state index contributed by atoms with van der Waals surface area (Å²) in [5, 5.41) is 3.40. The summed E-state index contributed by atoms with van der Waals surface area (Å²) in [6.45, 7) is 10.3. The molecule has 0 aliphatic rings. The molecule has 0 atom stereocenters. The second-order valence-corrected chi connectivity index (χ2v) is 7.02. The van der Waals surface area contributed by atoms with Crippen molar-refractivity contribution < 1.29 is 17.9 Å². The van der Waals surface area contributed by atoms with Gasteiger partial charge in [-0.2, -0.15) is 4.68 Å². The number of hydrogen-bond acceptors (Lipinski definition) is 6. The van der Waals surface area contributed by atoms with E-state index in [2.05, 4.69) is 23.2 Å². The third-order valence-corrected chi connectivity index (χ3v) is 4.50. The Kier molecular flexibility index (Phi) is 8.34. The molecule has 0 radical (unpaired) electrons. The van der Waals surface area contributed by atoms with Crippen LogP contribution in [-0.2, 0) is 14.6 Å². The number of nitrogens with zero attached hydrogens (tertiary/aromatic N) is 4. The fourth-order valence-corrected chi connectivity index (χ4v) is 2.72. The van der Waals surface area contributed by atoms with Crippen LogP contribution in [0.25, 0.3) is 0 Å². The monoisotopic (exact) mass is 356 g/mol. The van der Waals surface area contributed by atoms with E-state index in [4.69, 9.17) is 4.74 Å². The van der Waals surface area contributed by atoms with Gasteiger partial charge in [0.2, 0.25) is 9.84 Å². The molecule has 1 rings (SSSR count). The molecule has 0 aliphatic carbocycles. The molecule has 24 heavy (non-hydrogen) atoms. The van der Waals surface area contributed by atoms with Gasteiger partial charge in [-0.1, -0.05) is 25.5 Å². The van der Waals surface area contributed by atoms with E-state index >= 15 is 0 Å². The number of sulfone groups is 1. The highest BCUT2D eigenvalue weighted by Crippen LogP contribution is 2.06. The van der Waals surface area contributed by atoms with Gasteiger partial charge in [0.25, 0.3) is 5.16 Å². The minimum Gasteiger partial charge on any atom is -0.380 e. The van der Waals surface area contributed by atoms with Crippen molar-refractivity contribution in [2.24, 2.45) is 0 Å². The molecular formula is C15H24N4O4S. The topological polar surface area (TPSA) is 94.4 Å². The van der Waals surface area contributed by atoms with Crippen molar-refractivity contribution in [1.82, 2.24) is 19.7 Å². The summed E-state index contributed by atoms with van der Waals surface area (Å²) >= 11 is 0. The molecule has 0 saturated heterocycles. The van der Waals surface area contributed by atoms with Crippen molar-refractivity contribution in [1.29, 1.82) is 0 Å². The molecule has 1 heterocycles. The number of carbonyl (C=O) groups excluding carboxylic acids is 1. The third-order valence-electron chi connectivity index (χ3n) is 3.05. The molecule has 1 amide bonds. The van der Waals surface area contributed by atoms with Gasteiger partial charge in [0.05, 0.1) is 12.4 Å². The highest BCUT2D eigenvalue weighted by atomic mass is 32.2. The standard InChI is InChI=1S/C15H24N4O4S/c1-4-7-10-23-11-12-24(21,22)14-16-13-19(17-14)15(20)18(8-5-2)9-6-3/h5-6,13H,2-4,7-12H2,1H3. The lowest BCUT2D eigenvalue weighted by molar-refractivity contribution is 0.146. The third kappa shape index (κ3) is 5.89. The molecule has 0 fully saturated rings. The quantitative estimate of drug-likeness (QED) is 0.441. The van der Waals surface area contributed by atoms with Crippen LogP contribution in [0.4, 0.5) is 4.79 Å². The van der Waals surface area contributed by atoms with E-state index in [1.807, 2.05) is 6.92 Å². The first kappa shape index (κ1) is 20.0. The Hall–Kier alpha value is -2.00. The Morgan fingerprint density at radius 3 is 2.58 bits per heavy atom. The van der Waals surface area contributed by atoms with Crippen LogP contribution in [-0.4, -0.2) is 66.2 Å².